The van der Waals surface area contributed by atoms with E-state index in [1.165, 1.54) is 6.07 Å². The molecule has 3 aromatic rings. The molecule has 102 valence electrons. The molecule has 1 aromatic carbocycles. The molecule has 2 aromatic heterocycles. The van der Waals surface area contributed by atoms with Gasteiger partial charge in [-0.25, -0.2) is 0 Å². The fraction of sp³-hybridized carbons (Fsp3) is 0.0667. The minimum atomic E-state index is 0.0391. The van der Waals surface area contributed by atoms with Crippen LogP contribution in [0, 0.1) is 18.3 Å². The average Bonchev–Trinajstić information content (AvgIpc) is 2.94. The van der Waals surface area contributed by atoms with Crippen molar-refractivity contribution in [3.8, 4) is 34.5 Å². The van der Waals surface area contributed by atoms with E-state index in [9.17, 15) is 5.11 Å². The fourth-order valence-electron chi connectivity index (χ4n) is 2.01. The van der Waals surface area contributed by atoms with Gasteiger partial charge in [-0.2, -0.15) is 5.26 Å². The van der Waals surface area contributed by atoms with Crippen LogP contribution in [0.5, 0.6) is 5.75 Å². The SMILES string of the molecule is Cc1nnc(-c2ccc(-c3c(O)cccc3C#N)cn2)o1. The van der Waals surface area contributed by atoms with Crippen molar-refractivity contribution in [1.82, 2.24) is 15.2 Å². The second kappa shape index (κ2) is 5.06. The van der Waals surface area contributed by atoms with Gasteiger partial charge in [-0.3, -0.25) is 4.98 Å². The fourth-order valence-corrected chi connectivity index (χ4v) is 2.01. The van der Waals surface area contributed by atoms with Gasteiger partial charge in [-0.05, 0) is 18.2 Å². The van der Waals surface area contributed by atoms with Crippen LogP contribution in [-0.2, 0) is 0 Å². The van der Waals surface area contributed by atoms with E-state index in [0.29, 0.717) is 34.2 Å². The van der Waals surface area contributed by atoms with Gasteiger partial charge in [0, 0.05) is 24.2 Å². The third-order valence-corrected chi connectivity index (χ3v) is 2.96. The van der Waals surface area contributed by atoms with Gasteiger partial charge < -0.3 is 9.52 Å². The van der Waals surface area contributed by atoms with E-state index < -0.39 is 0 Å². The van der Waals surface area contributed by atoms with E-state index >= 15 is 0 Å². The Hall–Kier alpha value is -3.20. The Kier molecular flexibility index (Phi) is 3.09. The van der Waals surface area contributed by atoms with Crippen LogP contribution in [0.1, 0.15) is 11.5 Å². The predicted octanol–water partition coefficient (Wildman–Crippen LogP) is 2.68. The summed E-state index contributed by atoms with van der Waals surface area (Å²) >= 11 is 0. The van der Waals surface area contributed by atoms with Crippen molar-refractivity contribution in [3.05, 3.63) is 48.0 Å². The molecule has 6 heteroatoms. The van der Waals surface area contributed by atoms with Crippen LogP contribution < -0.4 is 0 Å². The lowest BCUT2D eigenvalue weighted by atomic mass is 10.0. The van der Waals surface area contributed by atoms with Crippen LogP contribution in [0.4, 0.5) is 0 Å². The van der Waals surface area contributed by atoms with Crippen molar-refractivity contribution < 1.29 is 9.52 Å². The third kappa shape index (κ3) is 2.32. The highest BCUT2D eigenvalue weighted by Gasteiger charge is 2.12. The summed E-state index contributed by atoms with van der Waals surface area (Å²) in [6.07, 6.45) is 1.56. The molecule has 0 aliphatic heterocycles. The quantitative estimate of drug-likeness (QED) is 0.774. The number of hydrogen-bond acceptors (Lipinski definition) is 6. The molecule has 0 unspecified atom stereocenters. The number of phenols is 1. The Balaban J connectivity index is 2.05. The third-order valence-electron chi connectivity index (χ3n) is 2.96. The van der Waals surface area contributed by atoms with Gasteiger partial charge in [0.15, 0.2) is 0 Å². The standard InChI is InChI=1S/C15H10N4O2/c1-9-18-19-15(21-9)12-6-5-11(8-17-12)14-10(7-16)3-2-4-13(14)20/h2-6,8,20H,1H3. The minimum Gasteiger partial charge on any atom is -0.507 e. The van der Waals surface area contributed by atoms with Gasteiger partial charge in [-0.15, -0.1) is 10.2 Å². The molecule has 3 rings (SSSR count). The van der Waals surface area contributed by atoms with Gasteiger partial charge in [0.05, 0.1) is 11.6 Å². The molecule has 0 radical (unpaired) electrons. The lowest BCUT2D eigenvalue weighted by Crippen LogP contribution is -1.89. The van der Waals surface area contributed by atoms with E-state index in [1.807, 2.05) is 0 Å². The molecule has 0 bridgehead atoms. The zero-order valence-electron chi connectivity index (χ0n) is 11.1. The molecule has 1 N–H and O–H groups in total. The van der Waals surface area contributed by atoms with Crippen LogP contribution in [0.25, 0.3) is 22.7 Å². The van der Waals surface area contributed by atoms with E-state index in [0.717, 1.165) is 0 Å². The van der Waals surface area contributed by atoms with Crippen molar-refractivity contribution in [3.63, 3.8) is 0 Å². The molecular formula is C15H10N4O2. The Labute approximate surface area is 120 Å². The second-order valence-electron chi connectivity index (χ2n) is 4.37. The van der Waals surface area contributed by atoms with Crippen LogP contribution in [0.2, 0.25) is 0 Å². The monoisotopic (exact) mass is 278 g/mol. The van der Waals surface area contributed by atoms with Gasteiger partial charge in [0.1, 0.15) is 11.4 Å². The molecule has 0 saturated carbocycles. The van der Waals surface area contributed by atoms with Crippen molar-refractivity contribution >= 4 is 0 Å². The molecule has 0 spiro atoms. The summed E-state index contributed by atoms with van der Waals surface area (Å²) in [5.41, 5.74) is 2.02. The number of aromatic nitrogens is 3. The summed E-state index contributed by atoms with van der Waals surface area (Å²) in [7, 11) is 0. The van der Waals surface area contributed by atoms with Gasteiger partial charge >= 0.3 is 0 Å². The molecule has 6 nitrogen and oxygen atoms in total. The van der Waals surface area contributed by atoms with Gasteiger partial charge in [0.2, 0.25) is 5.89 Å². The normalized spacial score (nSPS) is 10.3. The van der Waals surface area contributed by atoms with Crippen molar-refractivity contribution in [2.75, 3.05) is 0 Å². The van der Waals surface area contributed by atoms with Crippen LogP contribution in [0.15, 0.2) is 40.9 Å². The van der Waals surface area contributed by atoms with Crippen LogP contribution in [0.3, 0.4) is 0 Å². The molecule has 0 aliphatic carbocycles. The van der Waals surface area contributed by atoms with Crippen molar-refractivity contribution in [2.45, 2.75) is 6.92 Å². The zero-order chi connectivity index (χ0) is 14.8. The zero-order valence-corrected chi connectivity index (χ0v) is 11.1. The molecule has 0 aliphatic rings. The first kappa shape index (κ1) is 12.8. The summed E-state index contributed by atoms with van der Waals surface area (Å²) < 4.78 is 5.30. The van der Waals surface area contributed by atoms with Gasteiger partial charge in [0.25, 0.3) is 5.89 Å². The van der Waals surface area contributed by atoms with Crippen LogP contribution in [-0.4, -0.2) is 20.3 Å². The first-order valence-corrected chi connectivity index (χ1v) is 6.18. The molecule has 0 atom stereocenters. The van der Waals surface area contributed by atoms with Crippen LogP contribution >= 0.6 is 0 Å². The second-order valence-corrected chi connectivity index (χ2v) is 4.37. The summed E-state index contributed by atoms with van der Waals surface area (Å²) in [6.45, 7) is 1.70. The Morgan fingerprint density at radius 3 is 2.67 bits per heavy atom. The van der Waals surface area contributed by atoms with E-state index in [4.69, 9.17) is 9.68 Å². The minimum absolute atomic E-state index is 0.0391. The van der Waals surface area contributed by atoms with Crippen molar-refractivity contribution in [1.29, 1.82) is 5.26 Å². The number of aryl methyl sites for hydroxylation is 1. The van der Waals surface area contributed by atoms with E-state index in [1.54, 1.807) is 37.4 Å². The average molecular weight is 278 g/mol. The lowest BCUT2D eigenvalue weighted by molar-refractivity contribution is 0.477. The first-order valence-electron chi connectivity index (χ1n) is 6.18. The van der Waals surface area contributed by atoms with E-state index in [2.05, 4.69) is 21.3 Å². The Bertz CT molecular complexity index is 832. The Morgan fingerprint density at radius 1 is 1.19 bits per heavy atom. The number of nitriles is 1. The van der Waals surface area contributed by atoms with E-state index in [-0.39, 0.29) is 5.75 Å². The Morgan fingerprint density at radius 2 is 2.05 bits per heavy atom. The predicted molar refractivity (Wildman–Crippen MR) is 74.1 cm³/mol. The number of rotatable bonds is 2. The summed E-state index contributed by atoms with van der Waals surface area (Å²) in [4.78, 5) is 4.24. The highest BCUT2D eigenvalue weighted by molar-refractivity contribution is 5.76. The molecule has 2 heterocycles. The highest BCUT2D eigenvalue weighted by atomic mass is 16.4. The first-order chi connectivity index (χ1) is 10.2. The number of benzene rings is 1. The summed E-state index contributed by atoms with van der Waals surface area (Å²) in [5, 5.41) is 26.7. The number of aromatic hydroxyl groups is 1. The van der Waals surface area contributed by atoms with Gasteiger partial charge in [-0.1, -0.05) is 12.1 Å². The number of pyridine rings is 1. The summed E-state index contributed by atoms with van der Waals surface area (Å²) in [5.74, 6) is 0.831. The maximum atomic E-state index is 9.95. The molecule has 0 amide bonds. The largest absolute Gasteiger partial charge is 0.507 e. The maximum absolute atomic E-state index is 9.95. The maximum Gasteiger partial charge on any atom is 0.266 e. The summed E-state index contributed by atoms with van der Waals surface area (Å²) in [6, 6.07) is 10.3. The highest BCUT2D eigenvalue weighted by Crippen LogP contribution is 2.32. The topological polar surface area (TPSA) is 95.8 Å². The molecular weight excluding hydrogens is 268 g/mol. The van der Waals surface area contributed by atoms with Crippen molar-refractivity contribution in [2.24, 2.45) is 0 Å². The number of nitrogens with zero attached hydrogens (tertiary/aromatic N) is 4. The smallest absolute Gasteiger partial charge is 0.266 e. The number of phenolic OH excluding ortho intramolecular Hbond substituents is 1. The molecule has 0 saturated heterocycles. The molecule has 0 fully saturated rings. The lowest BCUT2D eigenvalue weighted by Gasteiger charge is -2.06. The number of hydrogen-bond donors (Lipinski definition) is 1. The molecule has 21 heavy (non-hydrogen) atoms.